The number of hydrogen-bond donors (Lipinski definition) is 1. The second-order valence-corrected chi connectivity index (χ2v) is 10.4. The van der Waals surface area contributed by atoms with E-state index >= 15 is 0 Å². The van der Waals surface area contributed by atoms with E-state index in [2.05, 4.69) is 6.92 Å². The standard InChI is InChI=1S/C35H34FNO6/c1-3-4-20-42-33-22-25(24-6-5-7-28(38)21-24)10-17-30(33)34-32(19-18-31(39)23-8-11-26(36)12-9-23)43-35(40)37(34)27-13-15-29(41-2)16-14-27/h5-17,21-22,32,34,38H,3-4,18-20H2,1-2H3/t32-,34-/m1/s1. The Morgan fingerprint density at radius 1 is 0.977 bits per heavy atom. The van der Waals surface area contributed by atoms with E-state index in [-0.39, 0.29) is 24.4 Å². The second kappa shape index (κ2) is 13.4. The number of cyclic esters (lactones) is 1. The maximum absolute atomic E-state index is 13.5. The van der Waals surface area contributed by atoms with Crippen molar-refractivity contribution in [3.8, 4) is 28.4 Å². The zero-order valence-corrected chi connectivity index (χ0v) is 24.2. The number of rotatable bonds is 12. The first-order valence-corrected chi connectivity index (χ1v) is 14.4. The Labute approximate surface area is 250 Å². The molecule has 1 saturated heterocycles. The summed E-state index contributed by atoms with van der Waals surface area (Å²) in [7, 11) is 1.57. The number of hydrogen-bond acceptors (Lipinski definition) is 6. The summed E-state index contributed by atoms with van der Waals surface area (Å²) in [5, 5.41) is 10.1. The van der Waals surface area contributed by atoms with Gasteiger partial charge in [-0.25, -0.2) is 9.18 Å². The number of methoxy groups -OCH3 is 1. The van der Waals surface area contributed by atoms with Crippen molar-refractivity contribution >= 4 is 17.6 Å². The van der Waals surface area contributed by atoms with Gasteiger partial charge in [0, 0.05) is 23.2 Å². The van der Waals surface area contributed by atoms with Crippen LogP contribution in [-0.4, -0.2) is 36.8 Å². The van der Waals surface area contributed by atoms with Gasteiger partial charge in [0.2, 0.25) is 0 Å². The highest BCUT2D eigenvalue weighted by molar-refractivity contribution is 5.96. The Morgan fingerprint density at radius 3 is 2.42 bits per heavy atom. The van der Waals surface area contributed by atoms with E-state index in [1.54, 1.807) is 54.5 Å². The maximum atomic E-state index is 13.5. The molecule has 0 radical (unpaired) electrons. The van der Waals surface area contributed by atoms with Gasteiger partial charge in [0.25, 0.3) is 0 Å². The number of ether oxygens (including phenoxy) is 3. The van der Waals surface area contributed by atoms with Gasteiger partial charge >= 0.3 is 6.09 Å². The predicted octanol–water partition coefficient (Wildman–Crippen LogP) is 8.12. The fraction of sp³-hybridized carbons (Fsp3) is 0.257. The molecule has 0 unspecified atom stereocenters. The van der Waals surface area contributed by atoms with Crippen LogP contribution in [0.4, 0.5) is 14.9 Å². The quantitative estimate of drug-likeness (QED) is 0.134. The number of nitrogens with zero attached hydrogens (tertiary/aromatic N) is 1. The zero-order chi connectivity index (χ0) is 30.3. The van der Waals surface area contributed by atoms with E-state index in [0.717, 1.165) is 29.5 Å². The van der Waals surface area contributed by atoms with Crippen molar-refractivity contribution in [1.29, 1.82) is 0 Å². The Balaban J connectivity index is 1.53. The number of phenolic OH excluding ortho intramolecular Hbond substituents is 1. The van der Waals surface area contributed by atoms with E-state index in [9.17, 15) is 19.1 Å². The lowest BCUT2D eigenvalue weighted by molar-refractivity contribution is 0.0921. The van der Waals surface area contributed by atoms with Gasteiger partial charge in [0.15, 0.2) is 5.78 Å². The molecule has 43 heavy (non-hydrogen) atoms. The Bertz CT molecular complexity index is 1570. The van der Waals surface area contributed by atoms with Gasteiger partial charge in [-0.15, -0.1) is 0 Å². The minimum absolute atomic E-state index is 0.101. The van der Waals surface area contributed by atoms with Crippen molar-refractivity contribution in [2.45, 2.75) is 44.8 Å². The van der Waals surface area contributed by atoms with E-state index in [1.165, 1.54) is 24.3 Å². The number of carbonyl (C=O) groups excluding carboxylic acids is 2. The molecular weight excluding hydrogens is 549 g/mol. The van der Waals surface area contributed by atoms with E-state index in [4.69, 9.17) is 14.2 Å². The van der Waals surface area contributed by atoms with Gasteiger partial charge < -0.3 is 19.3 Å². The molecule has 0 aromatic heterocycles. The molecule has 0 saturated carbocycles. The first kappa shape index (κ1) is 29.6. The smallest absolute Gasteiger partial charge is 0.415 e. The van der Waals surface area contributed by atoms with Crippen molar-refractivity contribution < 1.29 is 33.3 Å². The number of aromatic hydroxyl groups is 1. The number of ketones is 1. The maximum Gasteiger partial charge on any atom is 0.415 e. The van der Waals surface area contributed by atoms with Crippen LogP contribution in [0.25, 0.3) is 11.1 Å². The largest absolute Gasteiger partial charge is 0.508 e. The molecule has 222 valence electrons. The van der Waals surface area contributed by atoms with Crippen LogP contribution < -0.4 is 14.4 Å². The lowest BCUT2D eigenvalue weighted by Gasteiger charge is -2.27. The molecule has 0 spiro atoms. The fourth-order valence-corrected chi connectivity index (χ4v) is 5.24. The van der Waals surface area contributed by atoms with Crippen molar-refractivity contribution in [3.63, 3.8) is 0 Å². The van der Waals surface area contributed by atoms with Crippen LogP contribution in [0.2, 0.25) is 0 Å². The minimum Gasteiger partial charge on any atom is -0.508 e. The SMILES string of the molecule is CCCCOc1cc(-c2cccc(O)c2)ccc1[C@@H]1[C@@H](CCC(=O)c2ccc(F)cc2)OC(=O)N1c1ccc(OC)cc1. The normalized spacial score (nSPS) is 16.2. The third kappa shape index (κ3) is 6.80. The number of amides is 1. The van der Waals surface area contributed by atoms with Gasteiger partial charge in [-0.05, 0) is 90.7 Å². The summed E-state index contributed by atoms with van der Waals surface area (Å²) in [5.41, 5.74) is 3.41. The summed E-state index contributed by atoms with van der Waals surface area (Å²) in [6, 6.07) is 24.7. The third-order valence-electron chi connectivity index (χ3n) is 7.52. The molecule has 5 rings (SSSR count). The topological polar surface area (TPSA) is 85.3 Å². The molecule has 1 heterocycles. The molecule has 8 heteroatoms. The number of Topliss-reactive ketones (excluding diaryl/α,β-unsaturated/α-hetero) is 1. The summed E-state index contributed by atoms with van der Waals surface area (Å²) >= 11 is 0. The zero-order valence-electron chi connectivity index (χ0n) is 24.2. The Hall–Kier alpha value is -4.85. The molecule has 7 nitrogen and oxygen atoms in total. The summed E-state index contributed by atoms with van der Waals surface area (Å²) in [6.07, 6.45) is 0.934. The minimum atomic E-state index is -0.667. The first-order chi connectivity index (χ1) is 20.9. The average molecular weight is 584 g/mol. The monoisotopic (exact) mass is 583 g/mol. The number of anilines is 1. The Kier molecular flexibility index (Phi) is 9.25. The average Bonchev–Trinajstić information content (AvgIpc) is 3.35. The lowest BCUT2D eigenvalue weighted by Crippen LogP contribution is -2.30. The van der Waals surface area contributed by atoms with Gasteiger partial charge in [-0.1, -0.05) is 37.6 Å². The van der Waals surface area contributed by atoms with Crippen molar-refractivity contribution in [2.75, 3.05) is 18.6 Å². The second-order valence-electron chi connectivity index (χ2n) is 10.4. The van der Waals surface area contributed by atoms with E-state index in [1.807, 2.05) is 24.3 Å². The van der Waals surface area contributed by atoms with Crippen LogP contribution in [0.15, 0.2) is 91.0 Å². The van der Waals surface area contributed by atoms with Crippen LogP contribution in [0, 0.1) is 5.82 Å². The first-order valence-electron chi connectivity index (χ1n) is 14.4. The molecule has 4 aromatic rings. The highest BCUT2D eigenvalue weighted by atomic mass is 19.1. The molecule has 1 amide bonds. The van der Waals surface area contributed by atoms with Crippen LogP contribution in [0.1, 0.15) is 54.6 Å². The molecular formula is C35H34FNO6. The van der Waals surface area contributed by atoms with Crippen LogP contribution in [-0.2, 0) is 4.74 Å². The summed E-state index contributed by atoms with van der Waals surface area (Å²) in [5.74, 6) is 0.804. The van der Waals surface area contributed by atoms with Gasteiger partial charge in [0.1, 0.15) is 35.2 Å². The summed E-state index contributed by atoms with van der Waals surface area (Å²) < 4.78 is 31.0. The third-order valence-corrected chi connectivity index (χ3v) is 7.52. The summed E-state index contributed by atoms with van der Waals surface area (Å²) in [6.45, 7) is 2.56. The predicted molar refractivity (Wildman–Crippen MR) is 162 cm³/mol. The molecule has 1 fully saturated rings. The number of unbranched alkanes of at least 4 members (excludes halogenated alkanes) is 1. The fourth-order valence-electron chi connectivity index (χ4n) is 5.24. The molecule has 4 aromatic carbocycles. The van der Waals surface area contributed by atoms with Crippen molar-refractivity contribution in [2.24, 2.45) is 0 Å². The number of phenols is 1. The number of carbonyl (C=O) groups is 2. The van der Waals surface area contributed by atoms with Gasteiger partial charge in [0.05, 0.1) is 13.7 Å². The van der Waals surface area contributed by atoms with E-state index in [0.29, 0.717) is 29.4 Å². The highest BCUT2D eigenvalue weighted by Gasteiger charge is 2.45. The number of benzene rings is 4. The number of halogens is 1. The Morgan fingerprint density at radius 2 is 1.72 bits per heavy atom. The van der Waals surface area contributed by atoms with E-state index < -0.39 is 24.1 Å². The van der Waals surface area contributed by atoms with Crippen LogP contribution in [0.3, 0.4) is 0 Å². The van der Waals surface area contributed by atoms with Crippen molar-refractivity contribution in [1.82, 2.24) is 0 Å². The van der Waals surface area contributed by atoms with Crippen LogP contribution in [0.5, 0.6) is 17.2 Å². The molecule has 1 aliphatic rings. The molecule has 2 atom stereocenters. The highest BCUT2D eigenvalue weighted by Crippen LogP contribution is 2.44. The molecule has 0 bridgehead atoms. The molecule has 1 N–H and O–H groups in total. The van der Waals surface area contributed by atoms with Crippen LogP contribution >= 0.6 is 0 Å². The van der Waals surface area contributed by atoms with Gasteiger partial charge in [-0.2, -0.15) is 0 Å². The summed E-state index contributed by atoms with van der Waals surface area (Å²) in [4.78, 5) is 28.0. The molecule has 0 aliphatic carbocycles. The van der Waals surface area contributed by atoms with Gasteiger partial charge in [-0.3, -0.25) is 9.69 Å². The van der Waals surface area contributed by atoms with Crippen molar-refractivity contribution in [3.05, 3.63) is 108 Å². The molecule has 1 aliphatic heterocycles. The lowest BCUT2D eigenvalue weighted by atomic mass is 9.92.